The Labute approximate surface area is 326 Å². The van der Waals surface area contributed by atoms with Gasteiger partial charge in [-0.15, -0.1) is 0 Å². The summed E-state index contributed by atoms with van der Waals surface area (Å²) in [5.41, 5.74) is 0. The molecule has 0 aromatic rings. The lowest BCUT2D eigenvalue weighted by Crippen LogP contribution is -2.29. The van der Waals surface area contributed by atoms with Gasteiger partial charge in [0, 0.05) is 18.8 Å². The van der Waals surface area contributed by atoms with Crippen LogP contribution in [0, 0.1) is 17.8 Å². The van der Waals surface area contributed by atoms with Gasteiger partial charge in [-0.3, -0.25) is 28.0 Å². The molecule has 1 aliphatic carbocycles. The van der Waals surface area contributed by atoms with Gasteiger partial charge < -0.3 is 34.4 Å². The molecule has 6 atom stereocenters. The Morgan fingerprint density at radius 3 is 2.13 bits per heavy atom. The summed E-state index contributed by atoms with van der Waals surface area (Å²) in [5, 5.41) is 19.9. The van der Waals surface area contributed by atoms with Crippen molar-refractivity contribution in [3.05, 3.63) is 36.5 Å². The molecule has 1 unspecified atom stereocenters. The number of esters is 2. The summed E-state index contributed by atoms with van der Waals surface area (Å²) in [7, 11) is -9.74. The number of carbonyl (C=O) groups is 3. The molecule has 5 N–H and O–H groups in total. The maximum Gasteiger partial charge on any atom is 0.472 e. The molecular formula is C38H66O15P2. The molecule has 1 aliphatic rings. The first kappa shape index (κ1) is 51.0. The number of hydrogen-bond acceptors (Lipinski definition) is 12. The maximum absolute atomic E-state index is 12.7. The van der Waals surface area contributed by atoms with E-state index in [1.54, 1.807) is 18.2 Å². The normalized spacial score (nSPS) is 19.0. The largest absolute Gasteiger partial charge is 0.472 e. The molecule has 0 saturated carbocycles. The van der Waals surface area contributed by atoms with E-state index in [0.717, 1.165) is 44.9 Å². The van der Waals surface area contributed by atoms with Gasteiger partial charge in [-0.05, 0) is 50.0 Å². The van der Waals surface area contributed by atoms with Crippen molar-refractivity contribution in [1.29, 1.82) is 0 Å². The molecule has 17 heteroatoms. The summed E-state index contributed by atoms with van der Waals surface area (Å²) < 4.78 is 47.5. The SMILES string of the molecule is CCCCC[C@H](O)/C=C/[C@H]1C(=O)C=C[C@@H]1C/C=C\CCCC(=O)O[C@H](COC(=O)CCCCCCCCC(C)C)COP(=O)(O)OC[C@@H](O)COP(=O)(O)O. The molecule has 0 heterocycles. The van der Waals surface area contributed by atoms with Gasteiger partial charge in [-0.1, -0.05) is 109 Å². The van der Waals surface area contributed by atoms with Gasteiger partial charge >= 0.3 is 27.6 Å². The summed E-state index contributed by atoms with van der Waals surface area (Å²) >= 11 is 0. The van der Waals surface area contributed by atoms with Crippen molar-refractivity contribution in [2.75, 3.05) is 26.4 Å². The fourth-order valence-corrected chi connectivity index (χ4v) is 6.74. The summed E-state index contributed by atoms with van der Waals surface area (Å²) in [6.45, 7) is 3.59. The van der Waals surface area contributed by atoms with Gasteiger partial charge in [0.25, 0.3) is 0 Å². The van der Waals surface area contributed by atoms with Gasteiger partial charge in [-0.2, -0.15) is 0 Å². The molecule has 0 aromatic heterocycles. The third-order valence-electron chi connectivity index (χ3n) is 8.70. The minimum Gasteiger partial charge on any atom is -0.462 e. The number of allylic oxidation sites excluding steroid dienone is 5. The van der Waals surface area contributed by atoms with E-state index in [2.05, 4.69) is 29.8 Å². The lowest BCUT2D eigenvalue weighted by atomic mass is 9.90. The second-order valence-electron chi connectivity index (χ2n) is 14.3. The van der Waals surface area contributed by atoms with Crippen molar-refractivity contribution in [2.24, 2.45) is 17.8 Å². The number of phosphoric ester groups is 2. The maximum atomic E-state index is 12.7. The number of phosphoric acid groups is 2. The minimum atomic E-state index is -4.89. The monoisotopic (exact) mass is 824 g/mol. The highest BCUT2D eigenvalue weighted by Gasteiger charge is 2.29. The predicted octanol–water partition coefficient (Wildman–Crippen LogP) is 6.81. The molecule has 0 fully saturated rings. The van der Waals surface area contributed by atoms with Crippen molar-refractivity contribution >= 4 is 33.4 Å². The van der Waals surface area contributed by atoms with Crippen LogP contribution in [0.25, 0.3) is 0 Å². The number of rotatable bonds is 33. The highest BCUT2D eigenvalue weighted by atomic mass is 31.2. The first-order valence-corrected chi connectivity index (χ1v) is 22.6. The van der Waals surface area contributed by atoms with Crippen LogP contribution < -0.4 is 0 Å². The number of aliphatic hydroxyl groups excluding tert-OH is 2. The molecule has 0 radical (unpaired) electrons. The Hall–Kier alpha value is -2.03. The second kappa shape index (κ2) is 29.2. The Balaban J connectivity index is 2.60. The van der Waals surface area contributed by atoms with Crippen LogP contribution in [0.2, 0.25) is 0 Å². The molecule has 15 nitrogen and oxygen atoms in total. The molecule has 0 aromatic carbocycles. The number of hydrogen-bond donors (Lipinski definition) is 5. The van der Waals surface area contributed by atoms with Gasteiger partial charge in [0.1, 0.15) is 12.7 Å². The van der Waals surface area contributed by atoms with Crippen LogP contribution in [-0.4, -0.2) is 87.4 Å². The van der Waals surface area contributed by atoms with Crippen molar-refractivity contribution in [2.45, 2.75) is 142 Å². The molecule has 0 saturated heterocycles. The van der Waals surface area contributed by atoms with Crippen LogP contribution in [0.15, 0.2) is 36.5 Å². The quantitative estimate of drug-likeness (QED) is 0.0198. The van der Waals surface area contributed by atoms with E-state index in [4.69, 9.17) is 23.8 Å². The predicted molar refractivity (Wildman–Crippen MR) is 206 cm³/mol. The van der Waals surface area contributed by atoms with Crippen LogP contribution >= 0.6 is 15.6 Å². The topological polar surface area (TPSA) is 233 Å². The molecule has 0 spiro atoms. The van der Waals surface area contributed by atoms with Crippen molar-refractivity contribution in [3.8, 4) is 0 Å². The van der Waals surface area contributed by atoms with Gasteiger partial charge in [-0.25, -0.2) is 9.13 Å². The molecule has 1 rings (SSSR count). The lowest BCUT2D eigenvalue weighted by Gasteiger charge is -2.20. The Morgan fingerprint density at radius 1 is 0.800 bits per heavy atom. The third kappa shape index (κ3) is 28.1. The lowest BCUT2D eigenvalue weighted by molar-refractivity contribution is -0.161. The van der Waals surface area contributed by atoms with E-state index in [1.807, 2.05) is 18.2 Å². The number of carbonyl (C=O) groups excluding carboxylic acids is 3. The second-order valence-corrected chi connectivity index (χ2v) is 17.0. The summed E-state index contributed by atoms with van der Waals surface area (Å²) in [5.74, 6) is -0.868. The highest BCUT2D eigenvalue weighted by molar-refractivity contribution is 7.47. The molecule has 0 amide bonds. The van der Waals surface area contributed by atoms with Crippen molar-refractivity contribution in [3.63, 3.8) is 0 Å². The molecular weight excluding hydrogens is 758 g/mol. The van der Waals surface area contributed by atoms with E-state index in [9.17, 15) is 38.6 Å². The zero-order valence-corrected chi connectivity index (χ0v) is 34.6. The molecule has 0 bridgehead atoms. The zero-order chi connectivity index (χ0) is 41.1. The number of ether oxygens (including phenoxy) is 2. The first-order chi connectivity index (χ1) is 26.0. The average molecular weight is 825 g/mol. The molecule has 318 valence electrons. The number of aliphatic hydroxyl groups is 2. The van der Waals surface area contributed by atoms with Crippen LogP contribution in [0.3, 0.4) is 0 Å². The van der Waals surface area contributed by atoms with E-state index in [-0.39, 0.29) is 30.5 Å². The van der Waals surface area contributed by atoms with E-state index >= 15 is 0 Å². The highest BCUT2D eigenvalue weighted by Crippen LogP contribution is 2.44. The molecule has 0 aliphatic heterocycles. The number of unbranched alkanes of at least 4 members (excludes halogenated alkanes) is 8. The van der Waals surface area contributed by atoms with Gasteiger partial charge in [0.05, 0.1) is 25.9 Å². The van der Waals surface area contributed by atoms with E-state index in [1.165, 1.54) is 12.8 Å². The minimum absolute atomic E-state index is 0.000227. The first-order valence-electron chi connectivity index (χ1n) is 19.6. The van der Waals surface area contributed by atoms with Crippen LogP contribution in [0.1, 0.15) is 124 Å². The third-order valence-corrected chi connectivity index (χ3v) is 10.1. The Morgan fingerprint density at radius 2 is 1.44 bits per heavy atom. The zero-order valence-electron chi connectivity index (χ0n) is 32.8. The summed E-state index contributed by atoms with van der Waals surface area (Å²) in [6, 6.07) is 0. The van der Waals surface area contributed by atoms with Crippen LogP contribution in [0.5, 0.6) is 0 Å². The van der Waals surface area contributed by atoms with Crippen LogP contribution in [0.4, 0.5) is 0 Å². The van der Waals surface area contributed by atoms with Crippen LogP contribution in [-0.2, 0) is 46.6 Å². The average Bonchev–Trinajstić information content (AvgIpc) is 3.47. The fraction of sp³-hybridized carbons (Fsp3) is 0.763. The Kier molecular flexibility index (Phi) is 27.1. The number of ketones is 1. The van der Waals surface area contributed by atoms with E-state index in [0.29, 0.717) is 38.0 Å². The smallest absolute Gasteiger partial charge is 0.462 e. The summed E-state index contributed by atoms with van der Waals surface area (Å²) in [6.07, 6.45) is 19.7. The van der Waals surface area contributed by atoms with Gasteiger partial charge in [0.15, 0.2) is 11.9 Å². The fourth-order valence-electron chi connectivity index (χ4n) is 5.58. The van der Waals surface area contributed by atoms with E-state index < -0.39 is 72.3 Å². The van der Waals surface area contributed by atoms with Gasteiger partial charge in [0.2, 0.25) is 0 Å². The van der Waals surface area contributed by atoms with Crippen molar-refractivity contribution in [1.82, 2.24) is 0 Å². The van der Waals surface area contributed by atoms with Crippen molar-refractivity contribution < 1.29 is 71.5 Å². The summed E-state index contributed by atoms with van der Waals surface area (Å²) in [4.78, 5) is 64.9. The molecule has 55 heavy (non-hydrogen) atoms. The Bertz CT molecular complexity index is 1280. The standard InChI is InChI=1S/C38H66O15P2/c1-4-5-12-19-32(39)23-24-35-31(22-25-36(35)41)18-14-10-11-16-21-38(43)53-34(28-49-37(42)20-15-9-7-6-8-13-17-30(2)3)29-52-55(47,48)51-27-33(40)26-50-54(44,45)46/h10,14,22-25,30-35,39-40H,4-9,11-13,15-21,26-29H2,1-3H3,(H,47,48)(H2,44,45,46)/b14-10-,24-23+/t31-,32-,33-,34+,35+/m0/s1.